The number of hydrogen-bond donors (Lipinski definition) is 1. The summed E-state index contributed by atoms with van der Waals surface area (Å²) >= 11 is 0. The van der Waals surface area contributed by atoms with Crippen LogP contribution >= 0.6 is 0 Å². The Morgan fingerprint density at radius 3 is 2.50 bits per heavy atom. The van der Waals surface area contributed by atoms with E-state index >= 15 is 0 Å². The molecular formula is C23H28N2O. The molecule has 2 heterocycles. The molecule has 0 atom stereocenters. The number of piperidine rings is 1. The molecule has 26 heavy (non-hydrogen) atoms. The summed E-state index contributed by atoms with van der Waals surface area (Å²) in [6.45, 7) is 7.39. The molecule has 0 radical (unpaired) electrons. The van der Waals surface area contributed by atoms with Gasteiger partial charge in [0.1, 0.15) is 5.54 Å². The van der Waals surface area contributed by atoms with Crippen LogP contribution in [0, 0.1) is 0 Å². The van der Waals surface area contributed by atoms with Crippen LogP contribution in [-0.2, 0) is 6.42 Å². The molecule has 2 aliphatic rings. The highest BCUT2D eigenvalue weighted by Gasteiger charge is 2.46. The van der Waals surface area contributed by atoms with Crippen molar-refractivity contribution in [3.05, 3.63) is 65.2 Å². The lowest BCUT2D eigenvalue weighted by atomic mass is 9.83. The molecular weight excluding hydrogens is 320 g/mol. The van der Waals surface area contributed by atoms with Crippen LogP contribution in [0.1, 0.15) is 54.1 Å². The number of rotatable bonds is 4. The zero-order valence-corrected chi connectivity index (χ0v) is 15.8. The first-order valence-electron chi connectivity index (χ1n) is 9.81. The van der Waals surface area contributed by atoms with Gasteiger partial charge in [-0.25, -0.2) is 0 Å². The van der Waals surface area contributed by atoms with E-state index in [2.05, 4.69) is 72.6 Å². The second-order valence-corrected chi connectivity index (χ2v) is 8.07. The SMILES string of the molecule is CC(C)c1ccc2c(c1)C(=O)C1(CCN(CCc3ccccc3)CC1)N2. The largest absolute Gasteiger partial charge is 0.372 e. The average molecular weight is 348 g/mol. The van der Waals surface area contributed by atoms with E-state index in [1.807, 2.05) is 0 Å². The van der Waals surface area contributed by atoms with Crippen molar-refractivity contribution in [2.24, 2.45) is 0 Å². The highest BCUT2D eigenvalue weighted by atomic mass is 16.1. The van der Waals surface area contributed by atoms with Crippen molar-refractivity contribution in [1.29, 1.82) is 0 Å². The number of fused-ring (bicyclic) bond motifs is 1. The zero-order chi connectivity index (χ0) is 18.1. The maximum atomic E-state index is 13.2. The Morgan fingerprint density at radius 1 is 1.08 bits per heavy atom. The van der Waals surface area contributed by atoms with Gasteiger partial charge in [-0.15, -0.1) is 0 Å². The van der Waals surface area contributed by atoms with Crippen molar-refractivity contribution in [1.82, 2.24) is 4.90 Å². The Bertz CT molecular complexity index is 789. The summed E-state index contributed by atoms with van der Waals surface area (Å²) in [6, 6.07) is 17.0. The summed E-state index contributed by atoms with van der Waals surface area (Å²) in [5.74, 6) is 0.752. The predicted octanol–water partition coefficient (Wildman–Crippen LogP) is 4.50. The molecule has 2 aliphatic heterocycles. The van der Waals surface area contributed by atoms with Crippen LogP contribution in [0.4, 0.5) is 5.69 Å². The third-order valence-electron chi connectivity index (χ3n) is 6.03. The van der Waals surface area contributed by atoms with E-state index in [1.165, 1.54) is 11.1 Å². The van der Waals surface area contributed by atoms with E-state index < -0.39 is 0 Å². The van der Waals surface area contributed by atoms with Gasteiger partial charge < -0.3 is 10.2 Å². The minimum atomic E-state index is -0.374. The van der Waals surface area contributed by atoms with Crippen molar-refractivity contribution in [2.75, 3.05) is 25.0 Å². The van der Waals surface area contributed by atoms with Gasteiger partial charge in [-0.3, -0.25) is 4.79 Å². The van der Waals surface area contributed by atoms with Gasteiger partial charge in [-0.2, -0.15) is 0 Å². The summed E-state index contributed by atoms with van der Waals surface area (Å²) < 4.78 is 0. The minimum Gasteiger partial charge on any atom is -0.372 e. The van der Waals surface area contributed by atoms with Crippen molar-refractivity contribution in [3.8, 4) is 0 Å². The Morgan fingerprint density at radius 2 is 1.81 bits per heavy atom. The summed E-state index contributed by atoms with van der Waals surface area (Å²) in [5.41, 5.74) is 4.18. The van der Waals surface area contributed by atoms with Crippen LogP contribution in [0.3, 0.4) is 0 Å². The molecule has 1 spiro atoms. The Balaban J connectivity index is 1.40. The highest BCUT2D eigenvalue weighted by molar-refractivity contribution is 6.13. The Labute approximate surface area is 156 Å². The molecule has 3 nitrogen and oxygen atoms in total. The molecule has 0 aromatic heterocycles. The molecule has 2 aromatic rings. The van der Waals surface area contributed by atoms with Crippen LogP contribution in [0.5, 0.6) is 0 Å². The molecule has 0 amide bonds. The van der Waals surface area contributed by atoms with Crippen LogP contribution in [0.25, 0.3) is 0 Å². The van der Waals surface area contributed by atoms with E-state index in [0.717, 1.165) is 50.1 Å². The fraction of sp³-hybridized carbons (Fsp3) is 0.435. The van der Waals surface area contributed by atoms with Crippen LogP contribution < -0.4 is 5.32 Å². The molecule has 4 rings (SSSR count). The lowest BCUT2D eigenvalue weighted by molar-refractivity contribution is 0.0833. The fourth-order valence-corrected chi connectivity index (χ4v) is 4.23. The molecule has 0 aliphatic carbocycles. The predicted molar refractivity (Wildman–Crippen MR) is 107 cm³/mol. The first-order valence-corrected chi connectivity index (χ1v) is 9.81. The van der Waals surface area contributed by atoms with E-state index in [0.29, 0.717) is 11.7 Å². The van der Waals surface area contributed by atoms with Crippen LogP contribution in [-0.4, -0.2) is 35.9 Å². The number of hydrogen-bond acceptors (Lipinski definition) is 3. The first-order chi connectivity index (χ1) is 12.6. The Kier molecular flexibility index (Phi) is 4.58. The standard InChI is InChI=1S/C23H28N2O/c1-17(2)19-8-9-21-20(16-19)22(26)23(24-21)11-14-25(15-12-23)13-10-18-6-4-3-5-7-18/h3-9,16-17,24H,10-15H2,1-2H3. The van der Waals surface area contributed by atoms with E-state index in [-0.39, 0.29) is 5.54 Å². The maximum absolute atomic E-state index is 13.2. The van der Waals surface area contributed by atoms with Gasteiger partial charge >= 0.3 is 0 Å². The molecule has 1 fully saturated rings. The number of anilines is 1. The number of nitrogens with one attached hydrogen (secondary N) is 1. The normalized spacial score (nSPS) is 19.0. The van der Waals surface area contributed by atoms with Gasteiger partial charge in [0.2, 0.25) is 0 Å². The van der Waals surface area contributed by atoms with E-state index in [9.17, 15) is 4.79 Å². The molecule has 0 bridgehead atoms. The van der Waals surface area contributed by atoms with Gasteiger partial charge in [0, 0.05) is 30.9 Å². The summed E-state index contributed by atoms with van der Waals surface area (Å²) in [6.07, 6.45) is 2.87. The first kappa shape index (κ1) is 17.3. The van der Waals surface area contributed by atoms with Gasteiger partial charge in [0.25, 0.3) is 0 Å². The summed E-state index contributed by atoms with van der Waals surface area (Å²) in [7, 11) is 0. The maximum Gasteiger partial charge on any atom is 0.190 e. The topological polar surface area (TPSA) is 32.3 Å². The summed E-state index contributed by atoms with van der Waals surface area (Å²) in [5, 5.41) is 3.58. The molecule has 0 unspecified atom stereocenters. The lowest BCUT2D eigenvalue weighted by Crippen LogP contribution is -2.51. The second-order valence-electron chi connectivity index (χ2n) is 8.07. The zero-order valence-electron chi connectivity index (χ0n) is 15.8. The van der Waals surface area contributed by atoms with Gasteiger partial charge in [-0.05, 0) is 48.4 Å². The Hall–Kier alpha value is -2.13. The molecule has 2 aromatic carbocycles. The van der Waals surface area contributed by atoms with Crippen molar-refractivity contribution < 1.29 is 4.79 Å². The van der Waals surface area contributed by atoms with Crippen molar-refractivity contribution in [3.63, 3.8) is 0 Å². The molecule has 1 N–H and O–H groups in total. The second kappa shape index (κ2) is 6.88. The number of nitrogens with zero attached hydrogens (tertiary/aromatic N) is 1. The van der Waals surface area contributed by atoms with E-state index in [4.69, 9.17) is 0 Å². The molecule has 3 heteroatoms. The summed E-state index contributed by atoms with van der Waals surface area (Å²) in [4.78, 5) is 15.6. The fourth-order valence-electron chi connectivity index (χ4n) is 4.23. The number of ketones is 1. The average Bonchev–Trinajstić information content (AvgIpc) is 2.93. The minimum absolute atomic E-state index is 0.303. The van der Waals surface area contributed by atoms with E-state index in [1.54, 1.807) is 0 Å². The lowest BCUT2D eigenvalue weighted by Gasteiger charge is -2.38. The number of benzene rings is 2. The van der Waals surface area contributed by atoms with Crippen molar-refractivity contribution >= 4 is 11.5 Å². The number of carbonyl (C=O) groups excluding carboxylic acids is 1. The van der Waals surface area contributed by atoms with Crippen LogP contribution in [0.15, 0.2) is 48.5 Å². The molecule has 0 saturated carbocycles. The third kappa shape index (κ3) is 3.16. The molecule has 136 valence electrons. The van der Waals surface area contributed by atoms with Crippen molar-refractivity contribution in [2.45, 2.75) is 44.6 Å². The monoisotopic (exact) mass is 348 g/mol. The van der Waals surface area contributed by atoms with Crippen LogP contribution in [0.2, 0.25) is 0 Å². The number of likely N-dealkylation sites (tertiary alicyclic amines) is 1. The highest BCUT2D eigenvalue weighted by Crippen LogP contribution is 2.40. The smallest absolute Gasteiger partial charge is 0.190 e. The third-order valence-corrected chi connectivity index (χ3v) is 6.03. The van der Waals surface area contributed by atoms with Gasteiger partial charge in [0.05, 0.1) is 0 Å². The van der Waals surface area contributed by atoms with Gasteiger partial charge in [-0.1, -0.05) is 50.2 Å². The van der Waals surface area contributed by atoms with Gasteiger partial charge in [0.15, 0.2) is 5.78 Å². The number of Topliss-reactive ketones (excluding diaryl/α,β-unsaturated/α-hetero) is 1. The number of carbonyl (C=O) groups is 1. The molecule has 1 saturated heterocycles. The quantitative estimate of drug-likeness (QED) is 0.883.